The first-order valence-corrected chi connectivity index (χ1v) is 12.1. The van der Waals surface area contributed by atoms with Crippen molar-refractivity contribution in [1.29, 1.82) is 5.26 Å². The Morgan fingerprint density at radius 2 is 1.95 bits per heavy atom. The SMILES string of the molecule is [2H]C([2H])([2H])n1cc(-c2cc(-c3ccc(N4C([2H])([2H])C5([2H])CC([2H])(N5Cc5ccc(OC)nc5)C4([2H])[2H])nc3)c3c(C#N)cnn3c2)cn1. The number of hydrogen-bond acceptors (Lipinski definition) is 8. The Kier molecular flexibility index (Phi) is 3.69. The highest BCUT2D eigenvalue weighted by Gasteiger charge is 2.44. The third-order valence-electron chi connectivity index (χ3n) is 6.75. The van der Waals surface area contributed by atoms with E-state index in [9.17, 15) is 5.26 Å². The number of piperazine rings is 1. The molecule has 0 radical (unpaired) electrons. The van der Waals surface area contributed by atoms with Crippen LogP contribution in [0.15, 0.2) is 67.5 Å². The second-order valence-corrected chi connectivity index (χ2v) is 9.11. The standard InChI is InChI=1S/C29H27N9O/c1-35-15-23(13-33-35)21-7-26(29-22(9-30)12-34-38(29)16-21)20-4-5-27(31-11-20)36-17-24-8-25(18-36)37(24)14-19-3-6-28(39-2)32-10-19/h3-7,10-13,15-16,24-25H,8,14,17-18H2,1-2H3/i1D3,17D2,18D2,24D,25D. The van der Waals surface area contributed by atoms with Crippen molar-refractivity contribution >= 4 is 11.3 Å². The summed E-state index contributed by atoms with van der Waals surface area (Å²) in [6.07, 6.45) is 8.33. The predicted octanol–water partition coefficient (Wildman–Crippen LogP) is 3.54. The van der Waals surface area contributed by atoms with Crippen molar-refractivity contribution in [2.75, 3.05) is 25.0 Å². The van der Waals surface area contributed by atoms with Crippen LogP contribution in [0, 0.1) is 11.3 Å². The number of nitriles is 1. The summed E-state index contributed by atoms with van der Waals surface area (Å²) in [5.41, 5.74) is 3.30. The molecule has 8 heterocycles. The van der Waals surface area contributed by atoms with Crippen LogP contribution < -0.4 is 9.64 Å². The molecule has 0 amide bonds. The summed E-state index contributed by atoms with van der Waals surface area (Å²) in [4.78, 5) is 10.6. The smallest absolute Gasteiger partial charge is 0.212 e. The average Bonchev–Trinajstić information content (AvgIpc) is 3.71. The molecule has 0 spiro atoms. The van der Waals surface area contributed by atoms with E-state index in [1.54, 1.807) is 30.5 Å². The van der Waals surface area contributed by atoms with Gasteiger partial charge < -0.3 is 9.64 Å². The van der Waals surface area contributed by atoms with Crippen molar-refractivity contribution in [1.82, 2.24) is 34.3 Å². The maximum Gasteiger partial charge on any atom is 0.212 e. The molecule has 2 unspecified atom stereocenters. The van der Waals surface area contributed by atoms with E-state index in [1.807, 2.05) is 0 Å². The zero-order valence-corrected chi connectivity index (χ0v) is 20.7. The van der Waals surface area contributed by atoms with Crippen molar-refractivity contribution in [3.05, 3.63) is 78.6 Å². The number of nitrogens with zero attached hydrogens (tertiary/aromatic N) is 9. The summed E-state index contributed by atoms with van der Waals surface area (Å²) in [7, 11) is 1.47. The molecule has 39 heavy (non-hydrogen) atoms. The van der Waals surface area contributed by atoms with E-state index in [-0.39, 0.29) is 24.3 Å². The van der Waals surface area contributed by atoms with E-state index in [1.165, 1.54) is 53.6 Å². The molecule has 10 nitrogen and oxygen atoms in total. The number of rotatable bonds is 6. The van der Waals surface area contributed by atoms with Crippen molar-refractivity contribution in [2.24, 2.45) is 6.98 Å². The minimum Gasteiger partial charge on any atom is -0.481 e. The average molecular weight is 527 g/mol. The third kappa shape index (κ3) is 4.08. The Hall–Kier alpha value is -4.75. The molecule has 194 valence electrons. The summed E-state index contributed by atoms with van der Waals surface area (Å²) in [5, 5.41) is 18.0. The Balaban J connectivity index is 1.26. The van der Waals surface area contributed by atoms with Crippen LogP contribution in [0.4, 0.5) is 5.82 Å². The molecule has 3 saturated heterocycles. The van der Waals surface area contributed by atoms with Crippen LogP contribution in [-0.2, 0) is 13.5 Å². The van der Waals surface area contributed by atoms with Crippen LogP contribution in [0.5, 0.6) is 5.88 Å². The number of aryl methyl sites for hydroxylation is 1. The minimum absolute atomic E-state index is 0.0760. The van der Waals surface area contributed by atoms with Gasteiger partial charge in [0, 0.05) is 98.5 Å². The fraction of sp³-hybridized carbons (Fsp3) is 0.276. The Bertz CT molecular complexity index is 2060. The van der Waals surface area contributed by atoms with Gasteiger partial charge in [0.1, 0.15) is 11.9 Å². The molecular formula is C29H27N9O. The zero-order valence-electron chi connectivity index (χ0n) is 29.7. The first kappa shape index (κ1) is 15.6. The van der Waals surface area contributed by atoms with Crippen molar-refractivity contribution in [3.8, 4) is 34.2 Å². The van der Waals surface area contributed by atoms with Gasteiger partial charge in [0.05, 0.1) is 36.1 Å². The molecule has 5 aromatic rings. The molecular weight excluding hydrogens is 490 g/mol. The summed E-state index contributed by atoms with van der Waals surface area (Å²) in [6.45, 7) is -7.80. The van der Waals surface area contributed by atoms with Gasteiger partial charge in [0.25, 0.3) is 0 Å². The van der Waals surface area contributed by atoms with E-state index in [0.29, 0.717) is 39.2 Å². The highest BCUT2D eigenvalue weighted by molar-refractivity contribution is 5.87. The van der Waals surface area contributed by atoms with Gasteiger partial charge in [-0.1, -0.05) is 6.07 Å². The van der Waals surface area contributed by atoms with Gasteiger partial charge in [-0.3, -0.25) is 9.58 Å². The summed E-state index contributed by atoms with van der Waals surface area (Å²) in [5.74, 6) is 0.247. The van der Waals surface area contributed by atoms with Crippen molar-refractivity contribution in [2.45, 2.75) is 25.0 Å². The second-order valence-electron chi connectivity index (χ2n) is 9.11. The quantitative estimate of drug-likeness (QED) is 0.331. The van der Waals surface area contributed by atoms with Gasteiger partial charge in [-0.2, -0.15) is 15.5 Å². The molecule has 3 aliphatic heterocycles. The Labute approximate surface area is 238 Å². The van der Waals surface area contributed by atoms with Gasteiger partial charge in [0.15, 0.2) is 0 Å². The van der Waals surface area contributed by atoms with E-state index < -0.39 is 32.0 Å². The fourth-order valence-corrected chi connectivity index (χ4v) is 4.75. The molecule has 3 aliphatic rings. The van der Waals surface area contributed by atoms with Crippen LogP contribution in [0.25, 0.3) is 27.8 Å². The molecule has 2 bridgehead atoms. The highest BCUT2D eigenvalue weighted by atomic mass is 16.5. The number of ether oxygens (including phenoxy) is 1. The van der Waals surface area contributed by atoms with E-state index in [2.05, 4.69) is 26.2 Å². The van der Waals surface area contributed by atoms with Crippen molar-refractivity contribution < 1.29 is 17.1 Å². The Morgan fingerprint density at radius 1 is 1.05 bits per heavy atom. The zero-order chi connectivity index (χ0) is 34.4. The minimum atomic E-state index is -2.62. The van der Waals surface area contributed by atoms with E-state index in [0.717, 1.165) is 9.58 Å². The topological polar surface area (TPSA) is 100 Å². The van der Waals surface area contributed by atoms with Crippen LogP contribution in [0.1, 0.15) is 29.9 Å². The predicted molar refractivity (Wildman–Crippen MR) is 146 cm³/mol. The molecule has 0 aromatic carbocycles. The lowest BCUT2D eigenvalue weighted by atomic mass is 9.87. The summed E-state index contributed by atoms with van der Waals surface area (Å²) in [6, 6.07) is 6.16. The first-order valence-electron chi connectivity index (χ1n) is 16.6. The number of hydrogen-bond donors (Lipinski definition) is 0. The van der Waals surface area contributed by atoms with Crippen LogP contribution in [-0.4, -0.2) is 66.4 Å². The number of fused-ring (bicyclic) bond motifs is 3. The van der Waals surface area contributed by atoms with E-state index in [4.69, 9.17) is 17.1 Å². The lowest BCUT2D eigenvalue weighted by Crippen LogP contribution is -2.68. The lowest BCUT2D eigenvalue weighted by Gasteiger charge is -2.56. The second kappa shape index (κ2) is 9.22. The molecule has 2 atom stereocenters. The van der Waals surface area contributed by atoms with E-state index >= 15 is 0 Å². The molecule has 8 rings (SSSR count). The van der Waals surface area contributed by atoms with Gasteiger partial charge >= 0.3 is 0 Å². The molecule has 5 aromatic heterocycles. The number of piperidine rings is 1. The highest BCUT2D eigenvalue weighted by Crippen LogP contribution is 2.37. The van der Waals surface area contributed by atoms with Crippen LogP contribution in [0.2, 0.25) is 0 Å². The number of aromatic nitrogens is 6. The molecule has 3 fully saturated rings. The van der Waals surface area contributed by atoms with Gasteiger partial charge in [-0.15, -0.1) is 0 Å². The molecule has 0 saturated carbocycles. The normalized spacial score (nSPS) is 28.7. The van der Waals surface area contributed by atoms with Gasteiger partial charge in [-0.05, 0) is 30.2 Å². The van der Waals surface area contributed by atoms with Gasteiger partial charge in [0.2, 0.25) is 5.88 Å². The largest absolute Gasteiger partial charge is 0.481 e. The first-order chi connectivity index (χ1) is 22.5. The maximum absolute atomic E-state index is 9.79. The Morgan fingerprint density at radius 3 is 2.64 bits per heavy atom. The lowest BCUT2D eigenvalue weighted by molar-refractivity contribution is -0.00876. The van der Waals surface area contributed by atoms with Crippen LogP contribution >= 0.6 is 0 Å². The number of anilines is 1. The molecule has 10 heteroatoms. The third-order valence-corrected chi connectivity index (χ3v) is 6.75. The van der Waals surface area contributed by atoms with Crippen LogP contribution in [0.3, 0.4) is 0 Å². The number of methoxy groups -OCH3 is 1. The maximum atomic E-state index is 9.79. The monoisotopic (exact) mass is 526 g/mol. The molecule has 0 aliphatic carbocycles. The summed E-state index contributed by atoms with van der Waals surface area (Å²) < 4.78 is 84.9. The molecule has 0 N–H and O–H groups in total. The van der Waals surface area contributed by atoms with Gasteiger partial charge in [-0.25, -0.2) is 14.5 Å². The number of pyridine rings is 3. The fourth-order valence-electron chi connectivity index (χ4n) is 4.75. The summed E-state index contributed by atoms with van der Waals surface area (Å²) >= 11 is 0. The van der Waals surface area contributed by atoms with Crippen molar-refractivity contribution in [3.63, 3.8) is 0 Å².